The van der Waals surface area contributed by atoms with Gasteiger partial charge in [0.1, 0.15) is 19.0 Å². The lowest BCUT2D eigenvalue weighted by Crippen LogP contribution is -2.09. The topological polar surface area (TPSA) is 51.5 Å². The van der Waals surface area contributed by atoms with Gasteiger partial charge in [0, 0.05) is 10.5 Å². The molecule has 2 rings (SSSR count). The molecule has 0 saturated carbocycles. The molecule has 0 unspecified atom stereocenters. The van der Waals surface area contributed by atoms with Gasteiger partial charge in [0.05, 0.1) is 18.7 Å². The minimum absolute atomic E-state index is 0.384. The lowest BCUT2D eigenvalue weighted by atomic mass is 10.2. The minimum atomic E-state index is 0.384. The van der Waals surface area contributed by atoms with Crippen LogP contribution in [-0.2, 0) is 0 Å². The third kappa shape index (κ3) is 4.40. The Hall–Kier alpha value is -2.19. The van der Waals surface area contributed by atoms with Crippen LogP contribution in [0.1, 0.15) is 5.56 Å². The predicted molar refractivity (Wildman–Crippen MR) is 82.8 cm³/mol. The van der Waals surface area contributed by atoms with Gasteiger partial charge in [-0.2, -0.15) is 5.26 Å². The van der Waals surface area contributed by atoms with E-state index in [1.54, 1.807) is 25.3 Å². The summed E-state index contributed by atoms with van der Waals surface area (Å²) in [6.45, 7) is 0.800. The van der Waals surface area contributed by atoms with Crippen LogP contribution in [0.3, 0.4) is 0 Å². The van der Waals surface area contributed by atoms with Gasteiger partial charge in [-0.05, 0) is 30.3 Å². The number of rotatable bonds is 6. The van der Waals surface area contributed by atoms with Crippen LogP contribution in [0, 0.1) is 11.3 Å². The smallest absolute Gasteiger partial charge is 0.162 e. The van der Waals surface area contributed by atoms with Gasteiger partial charge in [0.2, 0.25) is 0 Å². The number of methoxy groups -OCH3 is 1. The normalized spacial score (nSPS) is 9.76. The summed E-state index contributed by atoms with van der Waals surface area (Å²) in [5.41, 5.74) is 0.532. The zero-order valence-corrected chi connectivity index (χ0v) is 13.1. The van der Waals surface area contributed by atoms with Crippen molar-refractivity contribution in [3.8, 4) is 23.3 Å². The van der Waals surface area contributed by atoms with Crippen molar-refractivity contribution in [3.05, 3.63) is 52.5 Å². The molecule has 2 aromatic rings. The van der Waals surface area contributed by atoms with Crippen molar-refractivity contribution in [1.82, 2.24) is 0 Å². The van der Waals surface area contributed by atoms with E-state index in [1.165, 1.54) is 0 Å². The molecule has 2 aromatic carbocycles. The van der Waals surface area contributed by atoms with Crippen molar-refractivity contribution >= 4 is 15.9 Å². The van der Waals surface area contributed by atoms with Gasteiger partial charge in [-0.1, -0.05) is 22.0 Å². The average Bonchev–Trinajstić information content (AvgIpc) is 2.51. The molecule has 108 valence electrons. The molecule has 0 amide bonds. The van der Waals surface area contributed by atoms with Gasteiger partial charge in [0.25, 0.3) is 0 Å². The summed E-state index contributed by atoms with van der Waals surface area (Å²) in [7, 11) is 1.54. The van der Waals surface area contributed by atoms with Crippen LogP contribution in [0.2, 0.25) is 0 Å². The van der Waals surface area contributed by atoms with E-state index in [-0.39, 0.29) is 0 Å². The third-order valence-corrected chi connectivity index (χ3v) is 3.19. The first-order valence-corrected chi connectivity index (χ1v) is 7.11. The fourth-order valence-corrected chi connectivity index (χ4v) is 2.10. The Morgan fingerprint density at radius 3 is 2.57 bits per heavy atom. The van der Waals surface area contributed by atoms with Crippen molar-refractivity contribution in [2.24, 2.45) is 0 Å². The lowest BCUT2D eigenvalue weighted by Gasteiger charge is -2.11. The van der Waals surface area contributed by atoms with Crippen LogP contribution in [0.5, 0.6) is 17.2 Å². The Bertz CT molecular complexity index is 652. The Labute approximate surface area is 132 Å². The summed E-state index contributed by atoms with van der Waals surface area (Å²) in [6, 6.07) is 14.7. The SMILES string of the molecule is COc1cc(C#N)ccc1OCCOc1cccc(Br)c1. The number of hydrogen-bond acceptors (Lipinski definition) is 4. The fourth-order valence-electron chi connectivity index (χ4n) is 1.72. The van der Waals surface area contributed by atoms with Gasteiger partial charge >= 0.3 is 0 Å². The largest absolute Gasteiger partial charge is 0.493 e. The van der Waals surface area contributed by atoms with Crippen molar-refractivity contribution in [2.75, 3.05) is 20.3 Å². The van der Waals surface area contributed by atoms with Crippen LogP contribution in [0.25, 0.3) is 0 Å². The van der Waals surface area contributed by atoms with E-state index in [1.807, 2.05) is 24.3 Å². The highest BCUT2D eigenvalue weighted by Gasteiger charge is 2.05. The zero-order valence-electron chi connectivity index (χ0n) is 11.5. The molecule has 0 atom stereocenters. The molecule has 0 saturated heterocycles. The van der Waals surface area contributed by atoms with E-state index in [4.69, 9.17) is 19.5 Å². The van der Waals surface area contributed by atoms with Gasteiger partial charge in [0.15, 0.2) is 11.5 Å². The molecule has 0 heterocycles. The summed E-state index contributed by atoms with van der Waals surface area (Å²) >= 11 is 3.39. The number of halogens is 1. The first kappa shape index (κ1) is 15.2. The first-order chi connectivity index (χ1) is 10.2. The maximum absolute atomic E-state index is 8.84. The summed E-state index contributed by atoms with van der Waals surface area (Å²) in [4.78, 5) is 0. The zero-order chi connectivity index (χ0) is 15.1. The molecule has 0 bridgehead atoms. The molecule has 21 heavy (non-hydrogen) atoms. The second-order valence-corrected chi connectivity index (χ2v) is 5.05. The molecule has 0 aliphatic carbocycles. The highest BCUT2D eigenvalue weighted by Crippen LogP contribution is 2.27. The summed E-state index contributed by atoms with van der Waals surface area (Å²) < 4.78 is 17.4. The lowest BCUT2D eigenvalue weighted by molar-refractivity contribution is 0.211. The van der Waals surface area contributed by atoms with Crippen molar-refractivity contribution < 1.29 is 14.2 Å². The summed E-state index contributed by atoms with van der Waals surface area (Å²) in [6.07, 6.45) is 0. The Morgan fingerprint density at radius 2 is 1.86 bits per heavy atom. The highest BCUT2D eigenvalue weighted by atomic mass is 79.9. The number of hydrogen-bond donors (Lipinski definition) is 0. The van der Waals surface area contributed by atoms with E-state index in [9.17, 15) is 0 Å². The molecule has 5 heteroatoms. The van der Waals surface area contributed by atoms with E-state index in [0.717, 1.165) is 10.2 Å². The van der Waals surface area contributed by atoms with E-state index in [2.05, 4.69) is 22.0 Å². The number of ether oxygens (including phenoxy) is 3. The molecule has 0 spiro atoms. The number of nitrogens with zero attached hydrogens (tertiary/aromatic N) is 1. The van der Waals surface area contributed by atoms with E-state index in [0.29, 0.717) is 30.3 Å². The van der Waals surface area contributed by atoms with Crippen molar-refractivity contribution in [3.63, 3.8) is 0 Å². The fraction of sp³-hybridized carbons (Fsp3) is 0.188. The monoisotopic (exact) mass is 347 g/mol. The number of benzene rings is 2. The molecule has 0 aliphatic rings. The third-order valence-electron chi connectivity index (χ3n) is 2.70. The maximum Gasteiger partial charge on any atom is 0.162 e. The second kappa shape index (κ2) is 7.55. The summed E-state index contributed by atoms with van der Waals surface area (Å²) in [5, 5.41) is 8.84. The molecular weight excluding hydrogens is 334 g/mol. The van der Waals surface area contributed by atoms with Gasteiger partial charge in [-0.25, -0.2) is 0 Å². The van der Waals surface area contributed by atoms with Gasteiger partial charge in [-0.15, -0.1) is 0 Å². The Kier molecular flexibility index (Phi) is 5.47. The first-order valence-electron chi connectivity index (χ1n) is 6.32. The van der Waals surface area contributed by atoms with Crippen LogP contribution >= 0.6 is 15.9 Å². The summed E-state index contributed by atoms with van der Waals surface area (Å²) in [5.74, 6) is 1.91. The Morgan fingerprint density at radius 1 is 1.05 bits per heavy atom. The minimum Gasteiger partial charge on any atom is -0.493 e. The van der Waals surface area contributed by atoms with E-state index >= 15 is 0 Å². The van der Waals surface area contributed by atoms with Gasteiger partial charge in [-0.3, -0.25) is 0 Å². The molecule has 0 radical (unpaired) electrons. The Balaban J connectivity index is 1.87. The number of nitriles is 1. The van der Waals surface area contributed by atoms with Crippen LogP contribution < -0.4 is 14.2 Å². The second-order valence-electron chi connectivity index (χ2n) is 4.13. The average molecular weight is 348 g/mol. The van der Waals surface area contributed by atoms with Crippen molar-refractivity contribution in [2.45, 2.75) is 0 Å². The molecular formula is C16H14BrNO3. The molecule has 4 nitrogen and oxygen atoms in total. The standard InChI is InChI=1S/C16H14BrNO3/c1-19-16-9-12(11-18)5-6-15(16)21-8-7-20-14-4-2-3-13(17)10-14/h2-6,9-10H,7-8H2,1H3. The van der Waals surface area contributed by atoms with Crippen LogP contribution in [0.4, 0.5) is 0 Å². The maximum atomic E-state index is 8.84. The van der Waals surface area contributed by atoms with Crippen molar-refractivity contribution in [1.29, 1.82) is 5.26 Å². The quantitative estimate of drug-likeness (QED) is 0.746. The molecule has 0 aliphatic heterocycles. The molecule has 0 N–H and O–H groups in total. The van der Waals surface area contributed by atoms with Crippen LogP contribution in [0.15, 0.2) is 46.9 Å². The van der Waals surface area contributed by atoms with Crippen LogP contribution in [-0.4, -0.2) is 20.3 Å². The predicted octanol–water partition coefficient (Wildman–Crippen LogP) is 3.79. The molecule has 0 aromatic heterocycles. The van der Waals surface area contributed by atoms with E-state index < -0.39 is 0 Å². The van der Waals surface area contributed by atoms with Gasteiger partial charge < -0.3 is 14.2 Å². The highest BCUT2D eigenvalue weighted by molar-refractivity contribution is 9.10. The molecule has 0 fully saturated rings.